The Balaban J connectivity index is 2.05. The maximum absolute atomic E-state index is 11.6. The van der Waals surface area contributed by atoms with Crippen LogP contribution in [0.25, 0.3) is 0 Å². The Kier molecular flexibility index (Phi) is 4.15. The summed E-state index contributed by atoms with van der Waals surface area (Å²) >= 11 is 0. The van der Waals surface area contributed by atoms with Crippen LogP contribution in [0.2, 0.25) is 0 Å². The van der Waals surface area contributed by atoms with Crippen molar-refractivity contribution in [2.45, 2.75) is 31.8 Å². The van der Waals surface area contributed by atoms with Crippen LogP contribution in [0.3, 0.4) is 0 Å². The predicted molar refractivity (Wildman–Crippen MR) is 82.4 cm³/mol. The summed E-state index contributed by atoms with van der Waals surface area (Å²) in [6, 6.07) is 9.10. The lowest BCUT2D eigenvalue weighted by atomic mass is 10.0. The number of carbonyl (C=O) groups is 1. The van der Waals surface area contributed by atoms with Gasteiger partial charge in [0.25, 0.3) is 0 Å². The fraction of sp³-hybridized carbons (Fsp3) is 0.353. The first kappa shape index (κ1) is 14.7. The minimum Gasteiger partial charge on any atom is -0.480 e. The van der Waals surface area contributed by atoms with E-state index in [1.165, 1.54) is 0 Å². The second-order valence-corrected chi connectivity index (χ2v) is 5.63. The van der Waals surface area contributed by atoms with Gasteiger partial charge in [0.2, 0.25) is 0 Å². The molecule has 1 N–H and O–H groups in total. The summed E-state index contributed by atoms with van der Waals surface area (Å²) in [5.41, 5.74) is 2.78. The molecule has 5 heteroatoms. The fourth-order valence-corrected chi connectivity index (χ4v) is 3.15. The fourth-order valence-electron chi connectivity index (χ4n) is 3.15. The Morgan fingerprint density at radius 2 is 2.23 bits per heavy atom. The molecule has 0 saturated carbocycles. The molecule has 2 aromatic rings. The van der Waals surface area contributed by atoms with E-state index in [2.05, 4.69) is 9.97 Å². The topological polar surface area (TPSA) is 66.3 Å². The van der Waals surface area contributed by atoms with Crippen molar-refractivity contribution in [3.8, 4) is 0 Å². The van der Waals surface area contributed by atoms with Crippen LogP contribution in [0.1, 0.15) is 35.8 Å². The summed E-state index contributed by atoms with van der Waals surface area (Å²) in [7, 11) is 0. The molecule has 0 aromatic carbocycles. The van der Waals surface area contributed by atoms with Crippen molar-refractivity contribution in [3.05, 3.63) is 59.7 Å². The minimum atomic E-state index is -0.765. The Morgan fingerprint density at radius 3 is 2.91 bits per heavy atom. The number of carboxylic acids is 1. The Labute approximate surface area is 129 Å². The molecule has 2 aromatic heterocycles. The highest BCUT2D eigenvalue weighted by molar-refractivity contribution is 5.74. The van der Waals surface area contributed by atoms with Crippen molar-refractivity contribution >= 4 is 5.97 Å². The van der Waals surface area contributed by atoms with Gasteiger partial charge in [0, 0.05) is 24.6 Å². The zero-order chi connectivity index (χ0) is 15.5. The molecule has 3 rings (SSSR count). The number of hydrogen-bond acceptors (Lipinski definition) is 4. The molecule has 0 aliphatic carbocycles. The number of aryl methyl sites for hydroxylation is 1. The van der Waals surface area contributed by atoms with Crippen molar-refractivity contribution in [2.75, 3.05) is 6.54 Å². The van der Waals surface area contributed by atoms with Crippen molar-refractivity contribution in [3.63, 3.8) is 0 Å². The van der Waals surface area contributed by atoms with Crippen LogP contribution in [-0.4, -0.2) is 38.5 Å². The van der Waals surface area contributed by atoms with Gasteiger partial charge in [-0.05, 0) is 43.5 Å². The lowest BCUT2D eigenvalue weighted by Gasteiger charge is -2.31. The van der Waals surface area contributed by atoms with Crippen LogP contribution in [0, 0.1) is 6.92 Å². The number of hydrogen-bond donors (Lipinski definition) is 1. The first-order valence-electron chi connectivity index (χ1n) is 7.49. The van der Waals surface area contributed by atoms with Gasteiger partial charge in [0.15, 0.2) is 0 Å². The van der Waals surface area contributed by atoms with E-state index in [4.69, 9.17) is 0 Å². The zero-order valence-corrected chi connectivity index (χ0v) is 12.5. The molecule has 1 aliphatic heterocycles. The summed E-state index contributed by atoms with van der Waals surface area (Å²) in [6.07, 6.45) is 5.09. The molecule has 0 radical (unpaired) electrons. The normalized spacial score (nSPS) is 20.0. The van der Waals surface area contributed by atoms with Crippen LogP contribution < -0.4 is 0 Å². The SMILES string of the molecule is Cc1cccc(C(c2cccnc2)N2CCCC2C(=O)O)n1. The Bertz CT molecular complexity index is 660. The summed E-state index contributed by atoms with van der Waals surface area (Å²) < 4.78 is 0. The van der Waals surface area contributed by atoms with Crippen LogP contribution in [0.4, 0.5) is 0 Å². The van der Waals surface area contributed by atoms with E-state index in [0.29, 0.717) is 6.42 Å². The van der Waals surface area contributed by atoms with Crippen molar-refractivity contribution < 1.29 is 9.90 Å². The molecule has 1 aliphatic rings. The third kappa shape index (κ3) is 2.85. The van der Waals surface area contributed by atoms with Crippen molar-refractivity contribution in [1.29, 1.82) is 0 Å². The van der Waals surface area contributed by atoms with Gasteiger partial charge in [-0.1, -0.05) is 12.1 Å². The highest BCUT2D eigenvalue weighted by Crippen LogP contribution is 2.33. The molecule has 114 valence electrons. The second-order valence-electron chi connectivity index (χ2n) is 5.63. The van der Waals surface area contributed by atoms with Crippen LogP contribution >= 0.6 is 0 Å². The van der Waals surface area contributed by atoms with Gasteiger partial charge in [-0.25, -0.2) is 0 Å². The Morgan fingerprint density at radius 1 is 1.36 bits per heavy atom. The van der Waals surface area contributed by atoms with Crippen molar-refractivity contribution in [2.24, 2.45) is 0 Å². The number of aliphatic carboxylic acids is 1. The molecule has 22 heavy (non-hydrogen) atoms. The van der Waals surface area contributed by atoms with Crippen LogP contribution in [0.15, 0.2) is 42.7 Å². The number of likely N-dealkylation sites (tertiary alicyclic amines) is 1. The number of nitrogens with zero attached hydrogens (tertiary/aromatic N) is 3. The highest BCUT2D eigenvalue weighted by atomic mass is 16.4. The standard InChI is InChI=1S/C17H19N3O2/c1-12-5-2-7-14(19-12)16(13-6-3-9-18-11-13)20-10-4-8-15(20)17(21)22/h2-3,5-7,9,11,15-16H,4,8,10H2,1H3,(H,21,22). The molecular formula is C17H19N3O2. The zero-order valence-electron chi connectivity index (χ0n) is 12.5. The van der Waals surface area contributed by atoms with E-state index < -0.39 is 12.0 Å². The van der Waals surface area contributed by atoms with E-state index in [1.807, 2.05) is 42.2 Å². The average molecular weight is 297 g/mol. The monoisotopic (exact) mass is 297 g/mol. The molecule has 2 unspecified atom stereocenters. The molecule has 0 bridgehead atoms. The first-order chi connectivity index (χ1) is 10.7. The van der Waals surface area contributed by atoms with Crippen molar-refractivity contribution in [1.82, 2.24) is 14.9 Å². The van der Waals surface area contributed by atoms with E-state index in [1.54, 1.807) is 12.4 Å². The van der Waals surface area contributed by atoms with E-state index in [0.717, 1.165) is 29.9 Å². The molecule has 5 nitrogen and oxygen atoms in total. The van der Waals surface area contributed by atoms with Gasteiger partial charge < -0.3 is 5.11 Å². The summed E-state index contributed by atoms with van der Waals surface area (Å²) in [6.45, 7) is 2.70. The molecule has 1 saturated heterocycles. The average Bonchev–Trinajstić information content (AvgIpc) is 2.98. The summed E-state index contributed by atoms with van der Waals surface area (Å²) in [5.74, 6) is -0.765. The highest BCUT2D eigenvalue weighted by Gasteiger charge is 2.37. The summed E-state index contributed by atoms with van der Waals surface area (Å²) in [5, 5.41) is 9.50. The van der Waals surface area contributed by atoms with Gasteiger partial charge >= 0.3 is 5.97 Å². The number of aromatic nitrogens is 2. The quantitative estimate of drug-likeness (QED) is 0.939. The lowest BCUT2D eigenvalue weighted by Crippen LogP contribution is -2.39. The van der Waals surface area contributed by atoms with Gasteiger partial charge in [0.1, 0.15) is 6.04 Å². The van der Waals surface area contributed by atoms with E-state index >= 15 is 0 Å². The predicted octanol–water partition coefficient (Wildman–Crippen LogP) is 2.42. The minimum absolute atomic E-state index is 0.169. The van der Waals surface area contributed by atoms with Crippen LogP contribution in [0.5, 0.6) is 0 Å². The molecular weight excluding hydrogens is 278 g/mol. The molecule has 0 amide bonds. The number of carboxylic acid groups (broad SMARTS) is 1. The van der Waals surface area contributed by atoms with E-state index in [-0.39, 0.29) is 6.04 Å². The Hall–Kier alpha value is -2.27. The first-order valence-corrected chi connectivity index (χ1v) is 7.49. The van der Waals surface area contributed by atoms with Gasteiger partial charge in [-0.15, -0.1) is 0 Å². The van der Waals surface area contributed by atoms with Gasteiger partial charge in [0.05, 0.1) is 11.7 Å². The third-order valence-corrected chi connectivity index (χ3v) is 4.10. The van der Waals surface area contributed by atoms with Gasteiger partial charge in [-0.3, -0.25) is 19.7 Å². The third-order valence-electron chi connectivity index (χ3n) is 4.10. The molecule has 2 atom stereocenters. The number of rotatable bonds is 4. The lowest BCUT2D eigenvalue weighted by molar-refractivity contribution is -0.142. The number of pyridine rings is 2. The maximum Gasteiger partial charge on any atom is 0.320 e. The second kappa shape index (κ2) is 6.23. The van der Waals surface area contributed by atoms with E-state index in [9.17, 15) is 9.90 Å². The smallest absolute Gasteiger partial charge is 0.320 e. The molecule has 1 fully saturated rings. The maximum atomic E-state index is 11.6. The summed E-state index contributed by atoms with van der Waals surface area (Å²) in [4.78, 5) is 22.4. The molecule has 0 spiro atoms. The molecule has 3 heterocycles. The van der Waals surface area contributed by atoms with Gasteiger partial charge in [-0.2, -0.15) is 0 Å². The van der Waals surface area contributed by atoms with Crippen LogP contribution in [-0.2, 0) is 4.79 Å². The largest absolute Gasteiger partial charge is 0.480 e.